The van der Waals surface area contributed by atoms with Gasteiger partial charge in [-0.3, -0.25) is 25.2 Å². The summed E-state index contributed by atoms with van der Waals surface area (Å²) in [5.74, 6) is -8.94. The lowest BCUT2D eigenvalue weighted by Gasteiger charge is -2.27. The highest BCUT2D eigenvalue weighted by molar-refractivity contribution is 6.03. The smallest absolute Gasteiger partial charge is 0.444 e. The minimum Gasteiger partial charge on any atom is -0.444 e. The second-order valence-corrected chi connectivity index (χ2v) is 12.2. The van der Waals surface area contributed by atoms with Gasteiger partial charge in [0.25, 0.3) is 11.8 Å². The third-order valence-corrected chi connectivity index (χ3v) is 6.20. The molecule has 0 aromatic heterocycles. The number of carbonyl (C=O) groups is 4. The molecule has 0 fully saturated rings. The van der Waals surface area contributed by atoms with E-state index in [1.54, 1.807) is 0 Å². The van der Waals surface area contributed by atoms with Crippen LogP contribution in [0.2, 0.25) is 0 Å². The second kappa shape index (κ2) is 12.5. The van der Waals surface area contributed by atoms with Crippen molar-refractivity contribution < 1.29 is 55.0 Å². The fourth-order valence-electron chi connectivity index (χ4n) is 4.09. The lowest BCUT2D eigenvalue weighted by Crippen LogP contribution is -2.50. The second-order valence-electron chi connectivity index (χ2n) is 12.2. The van der Waals surface area contributed by atoms with E-state index in [-0.39, 0.29) is 5.56 Å². The molecule has 4 amide bonds. The Morgan fingerprint density at radius 1 is 0.978 bits per heavy atom. The molecule has 0 bridgehead atoms. The molecule has 3 rings (SSSR count). The topological polar surface area (TPSA) is 126 Å². The van der Waals surface area contributed by atoms with Gasteiger partial charge in [-0.25, -0.2) is 18.0 Å². The first-order valence-corrected chi connectivity index (χ1v) is 13.4. The van der Waals surface area contributed by atoms with Gasteiger partial charge in [-0.05, 0) is 50.6 Å². The van der Waals surface area contributed by atoms with Gasteiger partial charge in [0.05, 0.1) is 17.8 Å². The number of amides is 4. The van der Waals surface area contributed by atoms with Gasteiger partial charge >= 0.3 is 12.5 Å². The maximum absolute atomic E-state index is 15.7. The van der Waals surface area contributed by atoms with E-state index in [2.05, 4.69) is 15.5 Å². The molecule has 1 unspecified atom stereocenters. The number of carbonyl (C=O) groups excluding carboxylic acids is 4. The first-order valence-electron chi connectivity index (χ1n) is 13.4. The minimum atomic E-state index is -4.99. The van der Waals surface area contributed by atoms with Crippen molar-refractivity contribution in [2.45, 2.75) is 78.4 Å². The van der Waals surface area contributed by atoms with Gasteiger partial charge < -0.3 is 19.7 Å². The molecule has 246 valence electrons. The van der Waals surface area contributed by atoms with E-state index >= 15 is 13.2 Å². The van der Waals surface area contributed by atoms with E-state index in [1.165, 1.54) is 41.5 Å². The number of halogens is 6. The van der Waals surface area contributed by atoms with E-state index in [0.717, 1.165) is 29.2 Å². The fraction of sp³-hybridized carbons (Fsp3) is 0.448. The Labute approximate surface area is 254 Å². The maximum atomic E-state index is 15.7. The number of benzene rings is 2. The molecule has 1 aliphatic rings. The maximum Gasteiger partial charge on any atom is 0.573 e. The van der Waals surface area contributed by atoms with E-state index < -0.39 is 94.5 Å². The van der Waals surface area contributed by atoms with Crippen molar-refractivity contribution in [3.05, 3.63) is 58.9 Å². The summed E-state index contributed by atoms with van der Waals surface area (Å²) in [6, 6.07) is 3.26. The Kier molecular flexibility index (Phi) is 9.70. The fourth-order valence-corrected chi connectivity index (χ4v) is 4.09. The van der Waals surface area contributed by atoms with Crippen molar-refractivity contribution in [1.29, 1.82) is 0 Å². The number of rotatable bonds is 5. The zero-order chi connectivity index (χ0) is 34.1. The molecule has 45 heavy (non-hydrogen) atoms. The Balaban J connectivity index is 2.08. The summed E-state index contributed by atoms with van der Waals surface area (Å²) in [5.41, 5.74) is -0.240. The predicted octanol–water partition coefficient (Wildman–Crippen LogP) is 5.45. The number of ether oxygens (including phenoxy) is 2. The number of alkyl carbamates (subject to hydrolysis) is 1. The summed E-state index contributed by atoms with van der Waals surface area (Å²) < 4.78 is 93.3. The molecule has 3 N–H and O–H groups in total. The third kappa shape index (κ3) is 9.25. The number of anilines is 1. The molecule has 0 spiro atoms. The van der Waals surface area contributed by atoms with E-state index in [9.17, 15) is 32.3 Å². The summed E-state index contributed by atoms with van der Waals surface area (Å²) in [4.78, 5) is 52.0. The highest BCUT2D eigenvalue weighted by Gasteiger charge is 2.47. The Morgan fingerprint density at radius 2 is 1.58 bits per heavy atom. The van der Waals surface area contributed by atoms with E-state index in [0.29, 0.717) is 12.1 Å². The van der Waals surface area contributed by atoms with Crippen LogP contribution < -0.4 is 25.8 Å². The van der Waals surface area contributed by atoms with Crippen LogP contribution >= 0.6 is 0 Å². The van der Waals surface area contributed by atoms with Crippen molar-refractivity contribution in [2.75, 3.05) is 4.90 Å². The normalized spacial score (nSPS) is 16.7. The van der Waals surface area contributed by atoms with Crippen LogP contribution in [0.1, 0.15) is 69.4 Å². The highest BCUT2D eigenvalue weighted by atomic mass is 19.4. The minimum absolute atomic E-state index is 0.123. The molecule has 2 aromatic carbocycles. The summed E-state index contributed by atoms with van der Waals surface area (Å²) in [6.07, 6.45) is -7.50. The zero-order valence-electron chi connectivity index (χ0n) is 25.1. The Morgan fingerprint density at radius 3 is 2.11 bits per heavy atom. The largest absolute Gasteiger partial charge is 0.573 e. The van der Waals surface area contributed by atoms with Gasteiger partial charge in [0, 0.05) is 17.4 Å². The zero-order valence-corrected chi connectivity index (χ0v) is 25.1. The molecule has 1 heterocycles. The summed E-state index contributed by atoms with van der Waals surface area (Å²) in [6.45, 7) is 8.55. The molecule has 0 aliphatic carbocycles. The molecular weight excluding hydrogens is 614 g/mol. The van der Waals surface area contributed by atoms with Crippen LogP contribution in [0, 0.1) is 11.2 Å². The first-order chi connectivity index (χ1) is 20.5. The van der Waals surface area contributed by atoms with Gasteiger partial charge in [-0.2, -0.15) is 0 Å². The quantitative estimate of drug-likeness (QED) is 0.293. The van der Waals surface area contributed by atoms with Crippen LogP contribution in [0.4, 0.5) is 36.8 Å². The van der Waals surface area contributed by atoms with Gasteiger partial charge in [-0.1, -0.05) is 32.9 Å². The molecule has 0 saturated heterocycles. The molecule has 0 saturated carbocycles. The molecule has 1 aliphatic heterocycles. The molecule has 16 heteroatoms. The summed E-state index contributed by atoms with van der Waals surface area (Å²) >= 11 is 0. The van der Waals surface area contributed by atoms with Crippen LogP contribution in [-0.4, -0.2) is 41.8 Å². The molecule has 2 aromatic rings. The number of alkyl halides is 5. The number of hydrogen-bond acceptors (Lipinski definition) is 6. The van der Waals surface area contributed by atoms with Crippen molar-refractivity contribution in [2.24, 2.45) is 5.41 Å². The molecule has 1 atom stereocenters. The number of hydrogen-bond donors (Lipinski definition) is 3. The van der Waals surface area contributed by atoms with Gasteiger partial charge in [0.2, 0.25) is 11.8 Å². The average molecular weight is 647 g/mol. The van der Waals surface area contributed by atoms with Gasteiger partial charge in [-0.15, -0.1) is 13.2 Å². The number of nitrogens with zero attached hydrogens (tertiary/aromatic N) is 1. The SMILES string of the molecule is CC(C)(C)OC(=O)NC1CC(F)(F)c2cc(F)c(C(=O)NNC(=O)C(C)(C)C)cc2N(Cc2ccc(OC(F)(F)F)cc2)C1=O. The number of fused-ring (bicyclic) bond motifs is 1. The highest BCUT2D eigenvalue weighted by Crippen LogP contribution is 2.44. The van der Waals surface area contributed by atoms with Crippen molar-refractivity contribution in [3.8, 4) is 5.75 Å². The van der Waals surface area contributed by atoms with Crippen LogP contribution in [0.25, 0.3) is 0 Å². The standard InChI is InChI=1S/C29H32F6N4O6/c1-26(2,3)24(42)38-37-22(40)17-11-21-18(12-19(17)30)28(31,32)13-20(36-25(43)45-27(4,5)6)23(41)39(21)14-15-7-9-16(10-8-15)44-29(33,34)35/h7-12,20H,13-14H2,1-6H3,(H,36,43)(H,37,40)(H,38,42). The van der Waals surface area contributed by atoms with Crippen molar-refractivity contribution in [3.63, 3.8) is 0 Å². The average Bonchev–Trinajstić information content (AvgIpc) is 2.93. The van der Waals surface area contributed by atoms with Crippen molar-refractivity contribution in [1.82, 2.24) is 16.2 Å². The van der Waals surface area contributed by atoms with Gasteiger partial charge in [0.1, 0.15) is 23.2 Å². The van der Waals surface area contributed by atoms with Gasteiger partial charge in [0.15, 0.2) is 0 Å². The van der Waals surface area contributed by atoms with E-state index in [1.807, 2.05) is 5.43 Å². The van der Waals surface area contributed by atoms with Crippen LogP contribution in [0.15, 0.2) is 36.4 Å². The Bertz CT molecular complexity index is 1470. The third-order valence-electron chi connectivity index (χ3n) is 6.20. The first kappa shape index (κ1) is 35.0. The van der Waals surface area contributed by atoms with Crippen LogP contribution in [0.5, 0.6) is 5.75 Å². The molecular formula is C29H32F6N4O6. The monoisotopic (exact) mass is 646 g/mol. The summed E-state index contributed by atoms with van der Waals surface area (Å²) in [7, 11) is 0. The van der Waals surface area contributed by atoms with Crippen molar-refractivity contribution >= 4 is 29.5 Å². The van der Waals surface area contributed by atoms with E-state index in [4.69, 9.17) is 4.74 Å². The summed E-state index contributed by atoms with van der Waals surface area (Å²) in [5, 5.41) is 2.11. The predicted molar refractivity (Wildman–Crippen MR) is 147 cm³/mol. The molecule has 0 radical (unpaired) electrons. The lowest BCUT2D eigenvalue weighted by molar-refractivity contribution is -0.274. The van der Waals surface area contributed by atoms with Crippen LogP contribution in [0.3, 0.4) is 0 Å². The lowest BCUT2D eigenvalue weighted by atomic mass is 9.96. The Hall–Kier alpha value is -4.50. The molecule has 10 nitrogen and oxygen atoms in total. The number of hydrazine groups is 1. The van der Waals surface area contributed by atoms with Crippen LogP contribution in [-0.2, 0) is 26.8 Å². The number of nitrogens with one attached hydrogen (secondary N) is 3.